The SMILES string of the molecule is CCC(C)Cc1cc(-c2[c-]cccc2)nc[c]1[Ge]([CH3])([CH3])[CH3].Cc1ccc2oc3c[c-]c(-c4cc(CC(C)C)ccn4)cc3c2c1.[Ir]. The largest absolute Gasteiger partial charge is 0.500 e. The molecule has 3 aromatic carbocycles. The first kappa shape index (κ1) is 35.8. The summed E-state index contributed by atoms with van der Waals surface area (Å²) < 4.78 is 7.47. The van der Waals surface area contributed by atoms with Crippen molar-refractivity contribution < 1.29 is 24.5 Å². The van der Waals surface area contributed by atoms with Gasteiger partial charge in [0.05, 0.1) is 5.58 Å². The summed E-state index contributed by atoms with van der Waals surface area (Å²) in [6.07, 6.45) is 7.49. The Morgan fingerprint density at radius 1 is 0.804 bits per heavy atom. The first-order chi connectivity index (χ1) is 21.5. The van der Waals surface area contributed by atoms with Crippen LogP contribution in [0.4, 0.5) is 0 Å². The molecule has 0 saturated heterocycles. The number of hydrogen-bond acceptors (Lipinski definition) is 3. The maximum atomic E-state index is 5.92. The summed E-state index contributed by atoms with van der Waals surface area (Å²) in [4.78, 5) is 9.27. The van der Waals surface area contributed by atoms with Crippen LogP contribution in [0.5, 0.6) is 0 Å². The Morgan fingerprint density at radius 2 is 1.57 bits per heavy atom. The molecule has 0 saturated carbocycles. The molecule has 0 amide bonds. The minimum absolute atomic E-state index is 0. The Morgan fingerprint density at radius 3 is 2.26 bits per heavy atom. The van der Waals surface area contributed by atoms with Gasteiger partial charge in [-0.3, -0.25) is 0 Å². The summed E-state index contributed by atoms with van der Waals surface area (Å²) in [6, 6.07) is 31.7. The van der Waals surface area contributed by atoms with Crippen molar-refractivity contribution in [3.05, 3.63) is 114 Å². The number of benzene rings is 3. The molecule has 3 heterocycles. The Bertz CT molecular complexity index is 1890. The van der Waals surface area contributed by atoms with Crippen molar-refractivity contribution in [1.82, 2.24) is 9.97 Å². The maximum absolute atomic E-state index is 5.92. The molecule has 0 spiro atoms. The first-order valence-corrected chi connectivity index (χ1v) is 23.6. The predicted molar refractivity (Wildman–Crippen MR) is 194 cm³/mol. The average molecular weight is 848 g/mol. The molecule has 0 N–H and O–H groups in total. The van der Waals surface area contributed by atoms with E-state index in [-0.39, 0.29) is 20.1 Å². The molecule has 3 aromatic heterocycles. The van der Waals surface area contributed by atoms with Crippen molar-refractivity contribution in [3.63, 3.8) is 0 Å². The molecule has 241 valence electrons. The van der Waals surface area contributed by atoms with Gasteiger partial charge in [-0.2, -0.15) is 0 Å². The van der Waals surface area contributed by atoms with Gasteiger partial charge in [-0.25, -0.2) is 0 Å². The summed E-state index contributed by atoms with van der Waals surface area (Å²) in [5, 5.41) is 2.28. The molecule has 0 aliphatic carbocycles. The van der Waals surface area contributed by atoms with Gasteiger partial charge < -0.3 is 9.40 Å². The van der Waals surface area contributed by atoms with E-state index in [1.54, 1.807) is 4.40 Å². The van der Waals surface area contributed by atoms with Gasteiger partial charge in [0.25, 0.3) is 0 Å². The van der Waals surface area contributed by atoms with Crippen LogP contribution in [0.2, 0.25) is 17.3 Å². The van der Waals surface area contributed by atoms with Crippen LogP contribution >= 0.6 is 0 Å². The molecular weight excluding hydrogens is 801 g/mol. The molecule has 6 aromatic rings. The molecule has 3 nitrogen and oxygen atoms in total. The molecule has 0 fully saturated rings. The first-order valence-electron chi connectivity index (χ1n) is 16.3. The summed E-state index contributed by atoms with van der Waals surface area (Å²) in [6.45, 7) is 11.2. The minimum Gasteiger partial charge on any atom is -0.500 e. The van der Waals surface area contributed by atoms with Crippen LogP contribution in [0.1, 0.15) is 50.8 Å². The van der Waals surface area contributed by atoms with E-state index in [1.165, 1.54) is 23.1 Å². The molecule has 0 bridgehead atoms. The van der Waals surface area contributed by atoms with Gasteiger partial charge in [-0.1, -0.05) is 42.5 Å². The van der Waals surface area contributed by atoms with Crippen LogP contribution in [0.3, 0.4) is 0 Å². The summed E-state index contributed by atoms with van der Waals surface area (Å²) in [5.74, 6) is 8.71. The van der Waals surface area contributed by atoms with Crippen LogP contribution in [0.25, 0.3) is 44.5 Å². The maximum Gasteiger partial charge on any atom is 0.120 e. The third-order valence-corrected chi connectivity index (χ3v) is 12.7. The van der Waals surface area contributed by atoms with E-state index in [4.69, 9.17) is 9.40 Å². The molecular formula is C41H46GeIrN2O-2. The van der Waals surface area contributed by atoms with Crippen molar-refractivity contribution in [3.8, 4) is 22.5 Å². The topological polar surface area (TPSA) is 38.9 Å². The molecule has 0 aliphatic rings. The number of fused-ring (bicyclic) bond motifs is 3. The van der Waals surface area contributed by atoms with Crippen molar-refractivity contribution in [2.75, 3.05) is 0 Å². The zero-order valence-corrected chi connectivity index (χ0v) is 33.0. The second kappa shape index (κ2) is 15.7. The van der Waals surface area contributed by atoms with E-state index in [2.05, 4.69) is 124 Å². The fraction of sp³-hybridized carbons (Fsp3) is 0.317. The molecule has 6 rings (SSSR count). The Balaban J connectivity index is 0.000000207. The third-order valence-electron chi connectivity index (χ3n) is 8.35. The van der Waals surface area contributed by atoms with Crippen LogP contribution in [-0.2, 0) is 32.9 Å². The van der Waals surface area contributed by atoms with E-state index >= 15 is 0 Å². The summed E-state index contributed by atoms with van der Waals surface area (Å²) in [5.41, 5.74) is 9.99. The molecule has 1 radical (unpaired) electrons. The second-order valence-corrected chi connectivity index (χ2v) is 24.4. The number of furan rings is 1. The number of aryl methyl sites for hydroxylation is 1. The smallest absolute Gasteiger partial charge is 0.120 e. The van der Waals surface area contributed by atoms with Gasteiger partial charge in [0.1, 0.15) is 5.58 Å². The van der Waals surface area contributed by atoms with Crippen molar-refractivity contribution >= 4 is 39.6 Å². The van der Waals surface area contributed by atoms with E-state index in [9.17, 15) is 0 Å². The quantitative estimate of drug-likeness (QED) is 0.113. The van der Waals surface area contributed by atoms with Gasteiger partial charge in [0.15, 0.2) is 0 Å². The summed E-state index contributed by atoms with van der Waals surface area (Å²) in [7, 11) is 0. The van der Waals surface area contributed by atoms with Crippen LogP contribution in [0, 0.1) is 30.9 Å². The zero-order valence-electron chi connectivity index (χ0n) is 28.5. The van der Waals surface area contributed by atoms with Gasteiger partial charge >= 0.3 is 132 Å². The Hall–Kier alpha value is -3.05. The predicted octanol–water partition coefficient (Wildman–Crippen LogP) is 10.6. The number of hydrogen-bond donors (Lipinski definition) is 0. The molecule has 5 heteroatoms. The number of nitrogens with zero attached hydrogens (tertiary/aromatic N) is 2. The molecule has 1 unspecified atom stereocenters. The van der Waals surface area contributed by atoms with E-state index < -0.39 is 13.3 Å². The van der Waals surface area contributed by atoms with E-state index in [1.807, 2.05) is 30.5 Å². The number of rotatable bonds is 8. The monoisotopic (exact) mass is 849 g/mol. The van der Waals surface area contributed by atoms with Crippen molar-refractivity contribution in [1.29, 1.82) is 0 Å². The number of pyridine rings is 2. The Labute approximate surface area is 292 Å². The van der Waals surface area contributed by atoms with Crippen molar-refractivity contribution in [2.24, 2.45) is 11.8 Å². The van der Waals surface area contributed by atoms with Crippen LogP contribution < -0.4 is 4.40 Å². The fourth-order valence-corrected chi connectivity index (χ4v) is 9.10. The average Bonchev–Trinajstić information content (AvgIpc) is 3.38. The molecule has 0 aliphatic heterocycles. The zero-order chi connectivity index (χ0) is 32.1. The normalized spacial score (nSPS) is 12.1. The molecule has 1 atom stereocenters. The number of aromatic nitrogens is 2. The van der Waals surface area contributed by atoms with Crippen LogP contribution in [0.15, 0.2) is 89.6 Å². The minimum atomic E-state index is -1.87. The van der Waals surface area contributed by atoms with E-state index in [0.29, 0.717) is 5.92 Å². The van der Waals surface area contributed by atoms with Gasteiger partial charge in [-0.15, -0.1) is 23.8 Å². The van der Waals surface area contributed by atoms with Crippen LogP contribution in [-0.4, -0.2) is 23.2 Å². The van der Waals surface area contributed by atoms with E-state index in [0.717, 1.165) is 63.2 Å². The van der Waals surface area contributed by atoms with Gasteiger partial charge in [0.2, 0.25) is 0 Å². The van der Waals surface area contributed by atoms with Gasteiger partial charge in [-0.05, 0) is 43.2 Å². The summed E-state index contributed by atoms with van der Waals surface area (Å²) >= 11 is -1.87. The standard InChI is InChI=1S/C22H20NO.C19H26GeN.Ir/c1-14(2)10-16-8-9-23-20(12-16)17-5-7-22-19(13-17)18-11-15(3)4-6-21(18)24-22;1-6-15(2)12-17-13-19(16-10-8-7-9-11-16)21-14-18(17)20(3,4)5;/h4,6-9,11-14H,10H2,1-3H3;7-10,13-15H,6,12H2,1-5H3;/q2*-1;. The van der Waals surface area contributed by atoms with Crippen molar-refractivity contribution in [2.45, 2.75) is 71.1 Å². The fourth-order valence-electron chi connectivity index (χ4n) is 5.76. The van der Waals surface area contributed by atoms with Gasteiger partial charge in [0, 0.05) is 31.7 Å². The third kappa shape index (κ3) is 8.85. The second-order valence-electron chi connectivity index (χ2n) is 13.8. The Kier molecular flexibility index (Phi) is 12.2. The molecule has 46 heavy (non-hydrogen) atoms.